The Labute approximate surface area is 250 Å². The fourth-order valence-electron chi connectivity index (χ4n) is 4.48. The molecule has 5 rings (SSSR count). The molecule has 0 radical (unpaired) electrons. The van der Waals surface area contributed by atoms with E-state index in [0.717, 1.165) is 11.3 Å². The van der Waals surface area contributed by atoms with Crippen LogP contribution >= 0.6 is 34.5 Å². The van der Waals surface area contributed by atoms with Crippen molar-refractivity contribution in [3.63, 3.8) is 0 Å². The Hall–Kier alpha value is -3.79. The summed E-state index contributed by atoms with van der Waals surface area (Å²) < 4.78 is 19.0. The molecule has 0 saturated heterocycles. The molecule has 1 aliphatic rings. The Morgan fingerprint density at radius 3 is 2.61 bits per heavy atom. The number of anilines is 1. The van der Waals surface area contributed by atoms with Crippen LogP contribution < -0.4 is 24.5 Å². The predicted molar refractivity (Wildman–Crippen MR) is 161 cm³/mol. The highest BCUT2D eigenvalue weighted by molar-refractivity contribution is 7.07. The number of carbonyl (C=O) groups is 1. The maximum atomic E-state index is 13.8. The second kappa shape index (κ2) is 12.0. The minimum atomic E-state index is -0.688. The first-order chi connectivity index (χ1) is 19.7. The smallest absolute Gasteiger partial charge is 0.338 e. The van der Waals surface area contributed by atoms with E-state index >= 15 is 0 Å². The molecule has 0 bridgehead atoms. The molecule has 1 aliphatic heterocycles. The SMILES string of the molecule is CCOC(=O)C1=C(C)N=c2sc(=Cc3ccc(COc4cccc(Cl)c4Cl)o3)c(=O)n2[C@@H]1c1ccc(N(C)C)cc1. The van der Waals surface area contributed by atoms with Gasteiger partial charge in [-0.2, -0.15) is 0 Å². The zero-order valence-electron chi connectivity index (χ0n) is 22.8. The summed E-state index contributed by atoms with van der Waals surface area (Å²) in [6.07, 6.45) is 1.66. The molecule has 8 nitrogen and oxygen atoms in total. The number of furan rings is 1. The van der Waals surface area contributed by atoms with E-state index in [-0.39, 0.29) is 18.8 Å². The van der Waals surface area contributed by atoms with Crippen LogP contribution in [0.3, 0.4) is 0 Å². The number of ether oxygens (including phenoxy) is 2. The first kappa shape index (κ1) is 28.7. The molecule has 0 saturated carbocycles. The molecule has 0 fully saturated rings. The van der Waals surface area contributed by atoms with Crippen LogP contribution in [0.1, 0.15) is 37.0 Å². The second-order valence-electron chi connectivity index (χ2n) is 9.43. The number of allylic oxidation sites excluding steroid dienone is 1. The van der Waals surface area contributed by atoms with Crippen molar-refractivity contribution >= 4 is 52.3 Å². The topological polar surface area (TPSA) is 86.3 Å². The number of fused-ring (bicyclic) bond motifs is 1. The molecular formula is C30H27Cl2N3O5S. The quantitative estimate of drug-likeness (QED) is 0.250. The number of carbonyl (C=O) groups excluding carboxylic acids is 1. The van der Waals surface area contributed by atoms with Gasteiger partial charge in [-0.25, -0.2) is 9.79 Å². The van der Waals surface area contributed by atoms with Crippen molar-refractivity contribution in [2.75, 3.05) is 25.6 Å². The van der Waals surface area contributed by atoms with Gasteiger partial charge in [0.15, 0.2) is 4.80 Å². The lowest BCUT2D eigenvalue weighted by atomic mass is 9.95. The molecule has 2 aromatic carbocycles. The molecule has 2 aromatic heterocycles. The monoisotopic (exact) mass is 611 g/mol. The molecule has 0 aliphatic carbocycles. The molecule has 1 atom stereocenters. The molecule has 41 heavy (non-hydrogen) atoms. The number of nitrogens with zero attached hydrogens (tertiary/aromatic N) is 3. The van der Waals surface area contributed by atoms with E-state index in [1.165, 1.54) is 11.3 Å². The molecule has 3 heterocycles. The van der Waals surface area contributed by atoms with Crippen LogP contribution in [0.15, 0.2) is 80.1 Å². The molecule has 0 N–H and O–H groups in total. The number of rotatable bonds is 8. The van der Waals surface area contributed by atoms with Gasteiger partial charge in [0, 0.05) is 25.9 Å². The van der Waals surface area contributed by atoms with Crippen molar-refractivity contribution in [1.29, 1.82) is 0 Å². The van der Waals surface area contributed by atoms with Crippen molar-refractivity contribution < 1.29 is 18.7 Å². The Morgan fingerprint density at radius 1 is 1.15 bits per heavy atom. The first-order valence-electron chi connectivity index (χ1n) is 12.8. The standard InChI is InChI=1S/C30H27Cl2N3O5S/c1-5-38-29(37)25-17(2)33-30-35(27(25)18-9-11-19(12-10-18)34(3)4)28(36)24(41-30)15-20-13-14-21(40-20)16-39-23-8-6-7-22(31)26(23)32/h6-15,27H,5,16H2,1-4H3/t27-/m1/s1. The van der Waals surface area contributed by atoms with Gasteiger partial charge in [0.2, 0.25) is 0 Å². The predicted octanol–water partition coefficient (Wildman–Crippen LogP) is 5.34. The van der Waals surface area contributed by atoms with Crippen molar-refractivity contribution in [1.82, 2.24) is 4.57 Å². The number of benzene rings is 2. The fraction of sp³-hybridized carbons (Fsp3) is 0.233. The fourth-order valence-corrected chi connectivity index (χ4v) is 5.86. The van der Waals surface area contributed by atoms with Crippen molar-refractivity contribution in [2.45, 2.75) is 26.5 Å². The molecular weight excluding hydrogens is 585 g/mol. The van der Waals surface area contributed by atoms with E-state index in [4.69, 9.17) is 37.1 Å². The van der Waals surface area contributed by atoms with Gasteiger partial charge in [-0.15, -0.1) is 0 Å². The van der Waals surface area contributed by atoms with Crippen molar-refractivity contribution in [2.24, 2.45) is 4.99 Å². The van der Waals surface area contributed by atoms with Crippen LogP contribution in [-0.2, 0) is 16.1 Å². The molecule has 0 amide bonds. The van der Waals surface area contributed by atoms with Crippen LogP contribution in [0, 0.1) is 0 Å². The summed E-state index contributed by atoms with van der Waals surface area (Å²) in [4.78, 5) is 34.0. The largest absolute Gasteiger partial charge is 0.484 e. The minimum Gasteiger partial charge on any atom is -0.484 e. The van der Waals surface area contributed by atoms with E-state index in [1.807, 2.05) is 43.3 Å². The molecule has 11 heteroatoms. The van der Waals surface area contributed by atoms with Crippen molar-refractivity contribution in [3.8, 4) is 5.75 Å². The van der Waals surface area contributed by atoms with Gasteiger partial charge >= 0.3 is 5.97 Å². The summed E-state index contributed by atoms with van der Waals surface area (Å²) in [6, 6.07) is 15.7. The third-order valence-corrected chi connectivity index (χ3v) is 8.27. The molecule has 0 spiro atoms. The number of hydrogen-bond donors (Lipinski definition) is 0. The van der Waals surface area contributed by atoms with Crippen LogP contribution in [-0.4, -0.2) is 31.2 Å². The first-order valence-corrected chi connectivity index (χ1v) is 14.4. The highest BCUT2D eigenvalue weighted by atomic mass is 35.5. The summed E-state index contributed by atoms with van der Waals surface area (Å²) in [5.74, 6) is 0.954. The highest BCUT2D eigenvalue weighted by Gasteiger charge is 2.33. The van der Waals surface area contributed by atoms with Crippen molar-refractivity contribution in [3.05, 3.63) is 113 Å². The van der Waals surface area contributed by atoms with Crippen LogP contribution in [0.2, 0.25) is 10.0 Å². The maximum absolute atomic E-state index is 13.8. The minimum absolute atomic E-state index is 0.125. The van der Waals surface area contributed by atoms with Gasteiger partial charge in [-0.1, -0.05) is 52.7 Å². The average Bonchev–Trinajstić information content (AvgIpc) is 3.52. The second-order valence-corrected chi connectivity index (χ2v) is 11.2. The highest BCUT2D eigenvalue weighted by Crippen LogP contribution is 2.33. The van der Waals surface area contributed by atoms with Crippen LogP contribution in [0.5, 0.6) is 5.75 Å². The van der Waals surface area contributed by atoms with E-state index in [9.17, 15) is 9.59 Å². The van der Waals surface area contributed by atoms with E-state index in [2.05, 4.69) is 4.99 Å². The van der Waals surface area contributed by atoms with E-state index in [0.29, 0.717) is 47.9 Å². The number of aromatic nitrogens is 1. The molecule has 212 valence electrons. The summed E-state index contributed by atoms with van der Waals surface area (Å²) >= 11 is 13.5. The Kier molecular flexibility index (Phi) is 8.40. The van der Waals surface area contributed by atoms with Gasteiger partial charge in [-0.05, 0) is 55.8 Å². The number of esters is 1. The number of halogens is 2. The van der Waals surface area contributed by atoms with Crippen LogP contribution in [0.4, 0.5) is 5.69 Å². The average molecular weight is 613 g/mol. The van der Waals surface area contributed by atoms with Gasteiger partial charge in [-0.3, -0.25) is 9.36 Å². The number of thiazole rings is 1. The van der Waals surface area contributed by atoms with E-state index < -0.39 is 12.0 Å². The summed E-state index contributed by atoms with van der Waals surface area (Å²) in [7, 11) is 3.90. The van der Waals surface area contributed by atoms with E-state index in [1.54, 1.807) is 54.8 Å². The Bertz CT molecular complexity index is 1820. The van der Waals surface area contributed by atoms with Crippen LogP contribution in [0.25, 0.3) is 6.08 Å². The normalized spacial score (nSPS) is 15.0. The Morgan fingerprint density at radius 2 is 1.90 bits per heavy atom. The van der Waals surface area contributed by atoms with Gasteiger partial charge in [0.1, 0.15) is 28.9 Å². The third-order valence-electron chi connectivity index (χ3n) is 6.48. The van der Waals surface area contributed by atoms with Gasteiger partial charge < -0.3 is 18.8 Å². The lowest BCUT2D eigenvalue weighted by molar-refractivity contribution is -0.139. The zero-order chi connectivity index (χ0) is 29.3. The lowest BCUT2D eigenvalue weighted by Crippen LogP contribution is -2.39. The Balaban J connectivity index is 1.51. The maximum Gasteiger partial charge on any atom is 0.338 e. The van der Waals surface area contributed by atoms with Gasteiger partial charge in [0.05, 0.1) is 33.5 Å². The summed E-state index contributed by atoms with van der Waals surface area (Å²) in [6.45, 7) is 3.84. The lowest BCUT2D eigenvalue weighted by Gasteiger charge is -2.25. The third kappa shape index (κ3) is 5.84. The molecule has 4 aromatic rings. The number of hydrogen-bond acceptors (Lipinski definition) is 8. The summed E-state index contributed by atoms with van der Waals surface area (Å²) in [5, 5.41) is 0.721. The molecule has 0 unspecified atom stereocenters. The van der Waals surface area contributed by atoms with Gasteiger partial charge in [0.25, 0.3) is 5.56 Å². The summed E-state index contributed by atoms with van der Waals surface area (Å²) in [5.41, 5.74) is 2.33. The zero-order valence-corrected chi connectivity index (χ0v) is 25.1.